The molecular weight excluding hydrogens is 1050 g/mol. The van der Waals surface area contributed by atoms with E-state index in [-0.39, 0.29) is 0 Å². The second-order valence-corrected chi connectivity index (χ2v) is 22.0. The molecule has 0 aliphatic rings. The number of pyridine rings is 2. The lowest BCUT2D eigenvalue weighted by molar-refractivity contribution is 1.08. The minimum atomic E-state index is 0.574. The smallest absolute Gasteiger partial charge is 0.164 e. The quantitative estimate of drug-likeness (QED) is 0.140. The third-order valence-electron chi connectivity index (χ3n) is 17.0. The van der Waals surface area contributed by atoms with Gasteiger partial charge in [0.15, 0.2) is 23.3 Å². The molecule has 13 aromatic carbocycles. The molecule has 398 valence electrons. The van der Waals surface area contributed by atoms with Crippen LogP contribution in [-0.2, 0) is 0 Å². The Morgan fingerprint density at radius 3 is 1.41 bits per heavy atom. The summed E-state index contributed by atoms with van der Waals surface area (Å²) in [5.41, 5.74) is 12.6. The minimum absolute atomic E-state index is 0.574. The highest BCUT2D eigenvalue weighted by atomic mass is 15.0. The summed E-state index contributed by atoms with van der Waals surface area (Å²) in [7, 11) is 0. The standard InChI is InChI=1S/C79H47N7/c1-6-22-59-49(15-1)20-13-29-67(59)75-72-68(43-56-19-5-10-26-63(56)74(72)82-76(83-75)52-34-30-48(31-35-52)58-21-14-41-80-47-58)57-38-39-66-69(44-57)61-24-8-4-18-55(61)46-71(66)79-85-77(53-36-32-51(33-37-53)73-62-25-9-2-16-50(62)40-42-81-73)84-78(86-79)70-45-54-17-3-7-23-60(54)64-27-11-12-28-65(64)70/h1-47H. The Bertz CT molecular complexity index is 5580. The molecule has 4 aromatic heterocycles. The van der Waals surface area contributed by atoms with Crippen LogP contribution in [0.1, 0.15) is 0 Å². The third-order valence-corrected chi connectivity index (χ3v) is 17.0. The monoisotopic (exact) mass is 1090 g/mol. The zero-order chi connectivity index (χ0) is 56.7. The van der Waals surface area contributed by atoms with Crippen LogP contribution in [0.25, 0.3) is 177 Å². The molecule has 7 heteroatoms. The lowest BCUT2D eigenvalue weighted by Crippen LogP contribution is -2.01. The molecule has 17 aromatic rings. The Balaban J connectivity index is 0.892. The van der Waals surface area contributed by atoms with E-state index >= 15 is 0 Å². The Hall–Kier alpha value is -11.7. The summed E-state index contributed by atoms with van der Waals surface area (Å²) in [5.74, 6) is 2.40. The fourth-order valence-corrected chi connectivity index (χ4v) is 12.9. The van der Waals surface area contributed by atoms with E-state index in [4.69, 9.17) is 29.9 Å². The maximum Gasteiger partial charge on any atom is 0.164 e. The van der Waals surface area contributed by atoms with Crippen LogP contribution in [0.5, 0.6) is 0 Å². The van der Waals surface area contributed by atoms with Gasteiger partial charge >= 0.3 is 0 Å². The normalized spacial score (nSPS) is 11.7. The Morgan fingerprint density at radius 1 is 0.221 bits per heavy atom. The molecule has 0 spiro atoms. The van der Waals surface area contributed by atoms with Gasteiger partial charge in [-0.1, -0.05) is 231 Å². The highest BCUT2D eigenvalue weighted by Crippen LogP contribution is 2.45. The predicted molar refractivity (Wildman–Crippen MR) is 355 cm³/mol. The minimum Gasteiger partial charge on any atom is -0.264 e. The van der Waals surface area contributed by atoms with Gasteiger partial charge in [-0.15, -0.1) is 0 Å². The lowest BCUT2D eigenvalue weighted by Gasteiger charge is -2.18. The van der Waals surface area contributed by atoms with Gasteiger partial charge in [0.05, 0.1) is 16.9 Å². The third kappa shape index (κ3) is 8.24. The van der Waals surface area contributed by atoms with E-state index in [1.165, 1.54) is 5.39 Å². The van der Waals surface area contributed by atoms with E-state index in [1.54, 1.807) is 6.20 Å². The fourth-order valence-electron chi connectivity index (χ4n) is 12.9. The Kier molecular flexibility index (Phi) is 11.4. The van der Waals surface area contributed by atoms with E-state index in [0.717, 1.165) is 148 Å². The van der Waals surface area contributed by atoms with Crippen molar-refractivity contribution in [2.45, 2.75) is 0 Å². The molecule has 86 heavy (non-hydrogen) atoms. The zero-order valence-corrected chi connectivity index (χ0v) is 46.3. The molecule has 0 radical (unpaired) electrons. The second kappa shape index (κ2) is 20.0. The van der Waals surface area contributed by atoms with Gasteiger partial charge in [-0.3, -0.25) is 9.97 Å². The average molecular weight is 1090 g/mol. The molecule has 0 bridgehead atoms. The number of hydrogen-bond acceptors (Lipinski definition) is 7. The van der Waals surface area contributed by atoms with E-state index in [0.29, 0.717) is 23.3 Å². The van der Waals surface area contributed by atoms with Crippen LogP contribution in [-0.4, -0.2) is 34.9 Å². The van der Waals surface area contributed by atoms with Crippen LogP contribution in [0.2, 0.25) is 0 Å². The van der Waals surface area contributed by atoms with Crippen molar-refractivity contribution in [2.24, 2.45) is 0 Å². The number of nitrogens with zero attached hydrogens (tertiary/aromatic N) is 7. The molecule has 7 nitrogen and oxygen atoms in total. The van der Waals surface area contributed by atoms with Crippen molar-refractivity contribution in [1.29, 1.82) is 0 Å². The first-order valence-electron chi connectivity index (χ1n) is 28.9. The summed E-state index contributed by atoms with van der Waals surface area (Å²) in [4.78, 5) is 36.9. The largest absolute Gasteiger partial charge is 0.264 e. The number of fused-ring (bicyclic) bond motifs is 11. The van der Waals surface area contributed by atoms with E-state index in [9.17, 15) is 0 Å². The average Bonchev–Trinajstić information content (AvgIpc) is 1.40. The topological polar surface area (TPSA) is 90.2 Å². The molecule has 0 amide bonds. The van der Waals surface area contributed by atoms with Crippen LogP contribution in [0.3, 0.4) is 0 Å². The van der Waals surface area contributed by atoms with Gasteiger partial charge in [0, 0.05) is 68.1 Å². The second-order valence-electron chi connectivity index (χ2n) is 22.0. The summed E-state index contributed by atoms with van der Waals surface area (Å²) in [6.45, 7) is 0. The molecule has 0 unspecified atom stereocenters. The van der Waals surface area contributed by atoms with Crippen LogP contribution in [0.15, 0.2) is 286 Å². The molecule has 0 saturated carbocycles. The summed E-state index contributed by atoms with van der Waals surface area (Å²) < 4.78 is 0. The van der Waals surface area contributed by atoms with Crippen molar-refractivity contribution in [1.82, 2.24) is 34.9 Å². The van der Waals surface area contributed by atoms with Crippen LogP contribution >= 0.6 is 0 Å². The van der Waals surface area contributed by atoms with Crippen molar-refractivity contribution in [2.75, 3.05) is 0 Å². The molecule has 0 saturated heterocycles. The molecule has 0 N–H and O–H groups in total. The number of rotatable bonds is 8. The zero-order valence-electron chi connectivity index (χ0n) is 46.3. The highest BCUT2D eigenvalue weighted by Gasteiger charge is 2.23. The first-order chi connectivity index (χ1) is 42.6. The molecule has 0 aliphatic carbocycles. The molecule has 0 aliphatic heterocycles. The Labute approximate surface area is 494 Å². The van der Waals surface area contributed by atoms with Crippen LogP contribution in [0.4, 0.5) is 0 Å². The molecule has 0 atom stereocenters. The Morgan fingerprint density at radius 2 is 0.721 bits per heavy atom. The lowest BCUT2D eigenvalue weighted by atomic mass is 9.89. The molecule has 4 heterocycles. The van der Waals surface area contributed by atoms with Gasteiger partial charge in [-0.25, -0.2) is 24.9 Å². The molecule has 17 rings (SSSR count). The van der Waals surface area contributed by atoms with Gasteiger partial charge < -0.3 is 0 Å². The summed E-state index contributed by atoms with van der Waals surface area (Å²) in [5, 5.41) is 16.4. The van der Waals surface area contributed by atoms with E-state index in [2.05, 4.69) is 266 Å². The van der Waals surface area contributed by atoms with Crippen LogP contribution in [0, 0.1) is 0 Å². The summed E-state index contributed by atoms with van der Waals surface area (Å²) in [6, 6.07) is 94.5. The fraction of sp³-hybridized carbons (Fsp3) is 0. The van der Waals surface area contributed by atoms with Crippen molar-refractivity contribution in [3.8, 4) is 90.3 Å². The van der Waals surface area contributed by atoms with E-state index < -0.39 is 0 Å². The summed E-state index contributed by atoms with van der Waals surface area (Å²) in [6.07, 6.45) is 5.57. The maximum atomic E-state index is 5.64. The first-order valence-corrected chi connectivity index (χ1v) is 28.9. The predicted octanol–water partition coefficient (Wildman–Crippen LogP) is 20.0. The maximum absolute atomic E-state index is 5.64. The SMILES string of the molecule is c1cncc(-c2ccc(-c3nc(-c4cccc5ccccc45)c4c(-c5ccc6c(-c7nc(-c8ccc(-c9nccc%10ccccc9%10)cc8)nc(-c8cc9ccccc9c9ccccc89)n7)cc7ccccc7c6c5)cc5ccccc5c4n3)cc2)c1. The van der Waals surface area contributed by atoms with Crippen LogP contribution < -0.4 is 0 Å². The van der Waals surface area contributed by atoms with E-state index in [1.807, 2.05) is 18.5 Å². The van der Waals surface area contributed by atoms with Crippen molar-refractivity contribution in [3.63, 3.8) is 0 Å². The van der Waals surface area contributed by atoms with Gasteiger partial charge in [-0.05, 0) is 123 Å². The van der Waals surface area contributed by atoms with Gasteiger partial charge in [0.25, 0.3) is 0 Å². The van der Waals surface area contributed by atoms with Gasteiger partial charge in [0.1, 0.15) is 0 Å². The summed E-state index contributed by atoms with van der Waals surface area (Å²) >= 11 is 0. The molecule has 0 fully saturated rings. The number of hydrogen-bond donors (Lipinski definition) is 0. The number of aromatic nitrogens is 7. The van der Waals surface area contributed by atoms with Gasteiger partial charge in [0.2, 0.25) is 0 Å². The van der Waals surface area contributed by atoms with Gasteiger partial charge in [-0.2, -0.15) is 0 Å². The molecular formula is C79H47N7. The number of benzene rings is 13. The van der Waals surface area contributed by atoms with Crippen molar-refractivity contribution >= 4 is 86.3 Å². The van der Waals surface area contributed by atoms with Crippen molar-refractivity contribution < 1.29 is 0 Å². The first kappa shape index (κ1) is 49.0. The van der Waals surface area contributed by atoms with Crippen molar-refractivity contribution in [3.05, 3.63) is 286 Å². The highest BCUT2D eigenvalue weighted by molar-refractivity contribution is 6.21.